The van der Waals surface area contributed by atoms with E-state index in [4.69, 9.17) is 10.3 Å². The van der Waals surface area contributed by atoms with E-state index in [0.717, 1.165) is 11.1 Å². The van der Waals surface area contributed by atoms with Gasteiger partial charge < -0.3 is 15.4 Å². The number of aromatic nitrogens is 1. The molecule has 0 amide bonds. The quantitative estimate of drug-likeness (QED) is 0.843. The monoisotopic (exact) mass is 282 g/mol. The van der Waals surface area contributed by atoms with E-state index in [1.807, 2.05) is 19.9 Å². The Morgan fingerprint density at radius 3 is 2.62 bits per heavy atom. The summed E-state index contributed by atoms with van der Waals surface area (Å²) < 4.78 is 5.46. The van der Waals surface area contributed by atoms with Crippen LogP contribution in [0.4, 0.5) is 5.88 Å². The third-order valence-electron chi connectivity index (χ3n) is 2.49. The predicted octanol–water partition coefficient (Wildman–Crippen LogP) is 3.01. The molecule has 0 radical (unpaired) electrons. The van der Waals surface area contributed by atoms with Crippen molar-refractivity contribution in [2.24, 2.45) is 0 Å². The first-order valence-corrected chi connectivity index (χ1v) is 5.51. The summed E-state index contributed by atoms with van der Waals surface area (Å²) in [6.07, 6.45) is 1.50. The first kappa shape index (κ1) is 11.0. The molecule has 84 valence electrons. The smallest absolute Gasteiger partial charge is 0.230 e. The number of nitrogens with two attached hydrogens (primary N) is 1. The van der Waals surface area contributed by atoms with Gasteiger partial charge in [-0.1, -0.05) is 11.2 Å². The highest BCUT2D eigenvalue weighted by molar-refractivity contribution is 9.10. The normalized spacial score (nSPS) is 10.7. The van der Waals surface area contributed by atoms with Crippen LogP contribution in [0.3, 0.4) is 0 Å². The molecule has 2 rings (SSSR count). The number of anilines is 1. The standard InChI is InChI=1S/C11H11BrN2O2/c1-5-3-6(2)9(12)10(15)8(5)7-4-14-16-11(7)13/h3-4,15H,13H2,1-2H3. The molecule has 1 aromatic carbocycles. The van der Waals surface area contributed by atoms with Crippen LogP contribution in [0.1, 0.15) is 11.1 Å². The molecule has 0 fully saturated rings. The Hall–Kier alpha value is -1.49. The maximum Gasteiger partial charge on any atom is 0.230 e. The van der Waals surface area contributed by atoms with Crippen molar-refractivity contribution in [3.63, 3.8) is 0 Å². The van der Waals surface area contributed by atoms with Crippen LogP contribution >= 0.6 is 15.9 Å². The zero-order chi connectivity index (χ0) is 11.9. The summed E-state index contributed by atoms with van der Waals surface area (Å²) in [6.45, 7) is 3.82. The van der Waals surface area contributed by atoms with E-state index < -0.39 is 0 Å². The number of nitrogens with zero attached hydrogens (tertiary/aromatic N) is 1. The molecule has 4 nitrogen and oxygen atoms in total. The van der Waals surface area contributed by atoms with Crippen LogP contribution in [0.2, 0.25) is 0 Å². The lowest BCUT2D eigenvalue weighted by Crippen LogP contribution is -1.91. The fraction of sp³-hybridized carbons (Fsp3) is 0.182. The van der Waals surface area contributed by atoms with Crippen LogP contribution in [-0.2, 0) is 0 Å². The molecular weight excluding hydrogens is 272 g/mol. The van der Waals surface area contributed by atoms with Gasteiger partial charge in [0.25, 0.3) is 0 Å². The van der Waals surface area contributed by atoms with Gasteiger partial charge in [0.05, 0.1) is 16.2 Å². The van der Waals surface area contributed by atoms with Crippen molar-refractivity contribution in [2.45, 2.75) is 13.8 Å². The number of nitrogen functional groups attached to an aromatic ring is 1. The summed E-state index contributed by atoms with van der Waals surface area (Å²) in [5, 5.41) is 13.7. The van der Waals surface area contributed by atoms with Crippen molar-refractivity contribution in [1.82, 2.24) is 5.16 Å². The fourth-order valence-corrected chi connectivity index (χ4v) is 2.03. The molecule has 0 atom stereocenters. The van der Waals surface area contributed by atoms with E-state index >= 15 is 0 Å². The number of hydrogen-bond acceptors (Lipinski definition) is 4. The zero-order valence-corrected chi connectivity index (χ0v) is 10.5. The minimum atomic E-state index is 0.160. The van der Waals surface area contributed by atoms with E-state index in [1.165, 1.54) is 6.20 Å². The molecule has 16 heavy (non-hydrogen) atoms. The molecule has 0 aliphatic rings. The number of rotatable bonds is 1. The molecular formula is C11H11BrN2O2. The highest BCUT2D eigenvalue weighted by atomic mass is 79.9. The topological polar surface area (TPSA) is 72.3 Å². The van der Waals surface area contributed by atoms with Gasteiger partial charge in [0, 0.05) is 5.56 Å². The van der Waals surface area contributed by atoms with Gasteiger partial charge in [-0.15, -0.1) is 0 Å². The van der Waals surface area contributed by atoms with Gasteiger partial charge in [-0.05, 0) is 40.9 Å². The number of halogens is 1. The van der Waals surface area contributed by atoms with Gasteiger partial charge in [-0.2, -0.15) is 0 Å². The van der Waals surface area contributed by atoms with Crippen molar-refractivity contribution in [2.75, 3.05) is 5.73 Å². The number of phenols is 1. The highest BCUT2D eigenvalue weighted by Gasteiger charge is 2.17. The van der Waals surface area contributed by atoms with E-state index in [1.54, 1.807) is 0 Å². The van der Waals surface area contributed by atoms with Crippen LogP contribution in [0.15, 0.2) is 21.3 Å². The molecule has 0 bridgehead atoms. The summed E-state index contributed by atoms with van der Waals surface area (Å²) in [4.78, 5) is 0. The van der Waals surface area contributed by atoms with Gasteiger partial charge >= 0.3 is 0 Å². The molecule has 0 spiro atoms. The summed E-state index contributed by atoms with van der Waals surface area (Å²) in [5.41, 5.74) is 8.79. The Morgan fingerprint density at radius 1 is 1.38 bits per heavy atom. The first-order valence-electron chi connectivity index (χ1n) is 4.71. The Morgan fingerprint density at radius 2 is 2.06 bits per heavy atom. The Kier molecular flexibility index (Phi) is 2.63. The number of benzene rings is 1. The minimum Gasteiger partial charge on any atom is -0.506 e. The Balaban J connectivity index is 2.76. The van der Waals surface area contributed by atoms with Gasteiger partial charge in [-0.25, -0.2) is 0 Å². The predicted molar refractivity (Wildman–Crippen MR) is 65.2 cm³/mol. The third-order valence-corrected chi connectivity index (χ3v) is 3.49. The van der Waals surface area contributed by atoms with Crippen LogP contribution in [-0.4, -0.2) is 10.3 Å². The van der Waals surface area contributed by atoms with Crippen LogP contribution < -0.4 is 5.73 Å². The van der Waals surface area contributed by atoms with Crippen molar-refractivity contribution in [3.8, 4) is 16.9 Å². The maximum absolute atomic E-state index is 10.1. The number of hydrogen-bond donors (Lipinski definition) is 2. The SMILES string of the molecule is Cc1cc(C)c(-c2cnoc2N)c(O)c1Br. The molecule has 3 N–H and O–H groups in total. The second kappa shape index (κ2) is 3.83. The van der Waals surface area contributed by atoms with Crippen molar-refractivity contribution in [3.05, 3.63) is 27.9 Å². The van der Waals surface area contributed by atoms with Crippen molar-refractivity contribution in [1.29, 1.82) is 0 Å². The fourth-order valence-electron chi connectivity index (χ4n) is 1.72. The van der Waals surface area contributed by atoms with Crippen LogP contribution in [0.5, 0.6) is 5.75 Å². The lowest BCUT2D eigenvalue weighted by molar-refractivity contribution is 0.436. The number of aromatic hydroxyl groups is 1. The van der Waals surface area contributed by atoms with E-state index in [2.05, 4.69) is 21.1 Å². The van der Waals surface area contributed by atoms with Crippen molar-refractivity contribution >= 4 is 21.8 Å². The molecule has 0 aliphatic carbocycles. The first-order chi connectivity index (χ1) is 7.52. The molecule has 0 unspecified atom stereocenters. The number of phenolic OH excluding ortho intramolecular Hbond substituents is 1. The molecule has 5 heteroatoms. The number of aryl methyl sites for hydroxylation is 2. The Bertz CT molecular complexity index is 549. The molecule has 0 saturated heterocycles. The highest BCUT2D eigenvalue weighted by Crippen LogP contribution is 2.41. The third kappa shape index (κ3) is 1.57. The summed E-state index contributed by atoms with van der Waals surface area (Å²) in [6, 6.07) is 1.96. The van der Waals surface area contributed by atoms with Gasteiger partial charge in [0.15, 0.2) is 0 Å². The van der Waals surface area contributed by atoms with E-state index in [0.29, 0.717) is 15.6 Å². The largest absolute Gasteiger partial charge is 0.506 e. The maximum atomic E-state index is 10.1. The van der Waals surface area contributed by atoms with Crippen molar-refractivity contribution < 1.29 is 9.63 Å². The lowest BCUT2D eigenvalue weighted by atomic mass is 9.99. The van der Waals surface area contributed by atoms with Gasteiger partial charge in [0.2, 0.25) is 5.88 Å². The van der Waals surface area contributed by atoms with Gasteiger partial charge in [0.1, 0.15) is 5.75 Å². The molecule has 1 heterocycles. The molecule has 2 aromatic rings. The molecule has 0 aliphatic heterocycles. The minimum absolute atomic E-state index is 0.160. The second-order valence-corrected chi connectivity index (χ2v) is 4.44. The zero-order valence-electron chi connectivity index (χ0n) is 8.91. The van der Waals surface area contributed by atoms with E-state index in [-0.39, 0.29) is 11.6 Å². The Labute approximate surface area is 101 Å². The average Bonchev–Trinajstić information content (AvgIpc) is 2.62. The van der Waals surface area contributed by atoms with E-state index in [9.17, 15) is 5.11 Å². The lowest BCUT2D eigenvalue weighted by Gasteiger charge is -2.10. The summed E-state index contributed by atoms with van der Waals surface area (Å²) >= 11 is 3.33. The molecule has 1 aromatic heterocycles. The second-order valence-electron chi connectivity index (χ2n) is 3.65. The molecule has 0 saturated carbocycles. The summed E-state index contributed by atoms with van der Waals surface area (Å²) in [5.74, 6) is 0.363. The average molecular weight is 283 g/mol. The van der Waals surface area contributed by atoms with Gasteiger partial charge in [-0.3, -0.25) is 0 Å². The summed E-state index contributed by atoms with van der Waals surface area (Å²) in [7, 11) is 0. The van der Waals surface area contributed by atoms with Crippen LogP contribution in [0.25, 0.3) is 11.1 Å². The van der Waals surface area contributed by atoms with Crippen LogP contribution in [0, 0.1) is 13.8 Å².